The molecule has 2 fully saturated rings. The van der Waals surface area contributed by atoms with Crippen LogP contribution in [-0.2, 0) is 14.4 Å². The van der Waals surface area contributed by atoms with E-state index < -0.39 is 23.4 Å². The van der Waals surface area contributed by atoms with E-state index in [0.29, 0.717) is 0 Å². The Bertz CT molecular complexity index is 1110. The Labute approximate surface area is 169 Å². The van der Waals surface area contributed by atoms with E-state index in [0.717, 1.165) is 22.2 Å². The minimum Gasteiger partial charge on any atom is -0.351 e. The van der Waals surface area contributed by atoms with Crippen molar-refractivity contribution in [3.8, 4) is 0 Å². The van der Waals surface area contributed by atoms with Crippen LogP contribution in [0.4, 0.5) is 5.69 Å². The fraction of sp³-hybridized carbons (Fsp3) is 0.391. The van der Waals surface area contributed by atoms with E-state index in [2.05, 4.69) is 4.98 Å². The average Bonchev–Trinajstić information content (AvgIpc) is 3.14. The second-order valence-corrected chi connectivity index (χ2v) is 9.13. The van der Waals surface area contributed by atoms with Crippen molar-refractivity contribution in [3.63, 3.8) is 0 Å². The summed E-state index contributed by atoms with van der Waals surface area (Å²) in [5.74, 6) is -1.76. The maximum Gasteiger partial charge on any atom is 0.236 e. The molecule has 3 aliphatic rings. The molecule has 2 saturated heterocycles. The lowest BCUT2D eigenvalue weighted by atomic mass is 9.88. The van der Waals surface area contributed by atoms with Crippen molar-refractivity contribution in [1.82, 2.24) is 9.88 Å². The van der Waals surface area contributed by atoms with Crippen LogP contribution in [0.15, 0.2) is 36.5 Å². The summed E-state index contributed by atoms with van der Waals surface area (Å²) in [7, 11) is 0. The molecule has 0 spiro atoms. The van der Waals surface area contributed by atoms with E-state index in [-0.39, 0.29) is 23.6 Å². The minimum absolute atomic E-state index is 0.103. The number of hydrogen-bond donors (Lipinski definition) is 0. The van der Waals surface area contributed by atoms with Gasteiger partial charge in [0.2, 0.25) is 11.8 Å². The Kier molecular flexibility index (Phi) is 3.58. The van der Waals surface area contributed by atoms with Gasteiger partial charge in [-0.05, 0) is 39.3 Å². The summed E-state index contributed by atoms with van der Waals surface area (Å²) >= 11 is 0. The highest BCUT2D eigenvalue weighted by molar-refractivity contribution is 6.12. The zero-order chi connectivity index (χ0) is 20.7. The molecule has 0 unspecified atom stereocenters. The molecule has 4 atom stereocenters. The molecule has 1 aromatic heterocycles. The van der Waals surface area contributed by atoms with Gasteiger partial charge in [0.15, 0.2) is 5.78 Å². The molecule has 0 radical (unpaired) electrons. The van der Waals surface area contributed by atoms with Crippen LogP contribution in [0.1, 0.15) is 33.3 Å². The van der Waals surface area contributed by atoms with Gasteiger partial charge >= 0.3 is 0 Å². The first kappa shape index (κ1) is 18.0. The molecule has 2 amide bonds. The van der Waals surface area contributed by atoms with Gasteiger partial charge in [0.25, 0.3) is 0 Å². The first-order valence-corrected chi connectivity index (χ1v) is 9.94. The number of amides is 2. The van der Waals surface area contributed by atoms with Crippen molar-refractivity contribution in [1.29, 1.82) is 0 Å². The van der Waals surface area contributed by atoms with Gasteiger partial charge in [-0.25, -0.2) is 0 Å². The predicted octanol–water partition coefficient (Wildman–Crippen LogP) is 2.81. The van der Waals surface area contributed by atoms with Gasteiger partial charge in [-0.15, -0.1) is 0 Å². The highest BCUT2D eigenvalue weighted by atomic mass is 16.2. The highest BCUT2D eigenvalue weighted by Crippen LogP contribution is 2.50. The number of aromatic nitrogens is 1. The van der Waals surface area contributed by atoms with Crippen LogP contribution in [0.2, 0.25) is 0 Å². The number of nitrogens with zero attached hydrogens (tertiary/aromatic N) is 3. The lowest BCUT2D eigenvalue weighted by molar-refractivity contribution is -0.146. The number of anilines is 1. The van der Waals surface area contributed by atoms with Crippen molar-refractivity contribution in [3.05, 3.63) is 42.1 Å². The molecule has 6 nitrogen and oxygen atoms in total. The molecule has 2 aromatic rings. The quantitative estimate of drug-likeness (QED) is 0.702. The number of likely N-dealkylation sites (tertiary alicyclic amines) is 1. The van der Waals surface area contributed by atoms with E-state index in [1.165, 1.54) is 11.8 Å². The third-order valence-corrected chi connectivity index (χ3v) is 6.32. The number of Topliss-reactive ketones (excluding diaryl/α,β-unsaturated/α-hetero) is 1. The number of rotatable bonds is 1. The van der Waals surface area contributed by atoms with Gasteiger partial charge in [-0.2, -0.15) is 0 Å². The molecular weight excluding hydrogens is 366 g/mol. The number of hydrogen-bond acceptors (Lipinski definition) is 5. The second kappa shape index (κ2) is 5.75. The maximum atomic E-state index is 13.4. The topological polar surface area (TPSA) is 70.6 Å². The summed E-state index contributed by atoms with van der Waals surface area (Å²) in [5, 5.41) is 0.966. The van der Waals surface area contributed by atoms with E-state index in [9.17, 15) is 14.4 Å². The molecule has 29 heavy (non-hydrogen) atoms. The zero-order valence-electron chi connectivity index (χ0n) is 16.9. The first-order chi connectivity index (χ1) is 13.7. The first-order valence-electron chi connectivity index (χ1n) is 9.94. The van der Waals surface area contributed by atoms with E-state index in [1.807, 2.05) is 62.1 Å². The summed E-state index contributed by atoms with van der Waals surface area (Å²) in [4.78, 5) is 47.5. The lowest BCUT2D eigenvalue weighted by Crippen LogP contribution is -2.52. The Morgan fingerprint density at radius 2 is 1.79 bits per heavy atom. The van der Waals surface area contributed by atoms with E-state index >= 15 is 0 Å². The SMILES string of the molecule is CC(=O)[C@@H]1[C@@H]2C(=O)N(C(C)(C)C)C(=O)[C@@H]2[C@H]2C=Cc3ccc4cccnc4c3N21. The molecule has 0 saturated carbocycles. The molecule has 0 bridgehead atoms. The number of benzene rings is 1. The minimum atomic E-state index is -0.676. The predicted molar refractivity (Wildman–Crippen MR) is 110 cm³/mol. The molecule has 0 aliphatic carbocycles. The van der Waals surface area contributed by atoms with Gasteiger partial charge < -0.3 is 4.90 Å². The van der Waals surface area contributed by atoms with E-state index in [4.69, 9.17) is 0 Å². The van der Waals surface area contributed by atoms with Gasteiger partial charge in [0.1, 0.15) is 6.04 Å². The van der Waals surface area contributed by atoms with Crippen molar-refractivity contribution < 1.29 is 14.4 Å². The standard InChI is InChI=1S/C23H23N3O3/c1-12(27)19-17-16(21(28)26(22(17)29)23(2,3)4)15-10-9-14-8-7-13-6-5-11-24-18(13)20(14)25(15)19/h5-11,15-17,19H,1-4H3/t15-,16-,17-,19-/m1/s1. The monoisotopic (exact) mass is 389 g/mol. The van der Waals surface area contributed by atoms with Crippen LogP contribution in [-0.4, -0.2) is 45.1 Å². The fourth-order valence-corrected chi connectivity index (χ4v) is 5.30. The largest absolute Gasteiger partial charge is 0.351 e. The second-order valence-electron chi connectivity index (χ2n) is 9.13. The smallest absolute Gasteiger partial charge is 0.236 e. The molecule has 3 aliphatic heterocycles. The molecule has 5 rings (SSSR count). The summed E-state index contributed by atoms with van der Waals surface area (Å²) in [5.41, 5.74) is 1.97. The van der Waals surface area contributed by atoms with Crippen LogP contribution in [0.5, 0.6) is 0 Å². The maximum absolute atomic E-state index is 13.4. The summed E-state index contributed by atoms with van der Waals surface area (Å²) < 4.78 is 0. The molecule has 6 heteroatoms. The lowest BCUT2D eigenvalue weighted by Gasteiger charge is -2.38. The Morgan fingerprint density at radius 3 is 2.48 bits per heavy atom. The number of imide groups is 1. The summed E-state index contributed by atoms with van der Waals surface area (Å²) in [6, 6.07) is 6.85. The number of ketones is 1. The fourth-order valence-electron chi connectivity index (χ4n) is 5.30. The normalized spacial score (nSPS) is 28.0. The van der Waals surface area contributed by atoms with Crippen LogP contribution in [0, 0.1) is 11.8 Å². The number of carbonyl (C=O) groups excluding carboxylic acids is 3. The van der Waals surface area contributed by atoms with Crippen molar-refractivity contribution in [2.45, 2.75) is 45.3 Å². The van der Waals surface area contributed by atoms with Gasteiger partial charge in [-0.3, -0.25) is 24.3 Å². The molecule has 0 N–H and O–H groups in total. The molecule has 4 heterocycles. The van der Waals surface area contributed by atoms with Crippen molar-refractivity contribution >= 4 is 40.3 Å². The number of carbonyl (C=O) groups is 3. The van der Waals surface area contributed by atoms with Crippen LogP contribution in [0.25, 0.3) is 17.0 Å². The molecule has 1 aromatic carbocycles. The Balaban J connectivity index is 1.73. The highest BCUT2D eigenvalue weighted by Gasteiger charge is 2.64. The summed E-state index contributed by atoms with van der Waals surface area (Å²) in [6.07, 6.45) is 5.68. The van der Waals surface area contributed by atoms with Gasteiger partial charge in [0.05, 0.1) is 29.1 Å². The number of pyridine rings is 1. The average molecular weight is 389 g/mol. The van der Waals surface area contributed by atoms with Crippen LogP contribution < -0.4 is 4.90 Å². The van der Waals surface area contributed by atoms with Gasteiger partial charge in [0, 0.05) is 17.1 Å². The molecule has 148 valence electrons. The van der Waals surface area contributed by atoms with E-state index in [1.54, 1.807) is 6.20 Å². The zero-order valence-corrected chi connectivity index (χ0v) is 16.9. The number of fused-ring (bicyclic) bond motifs is 7. The summed E-state index contributed by atoms with van der Waals surface area (Å²) in [6.45, 7) is 7.08. The third-order valence-electron chi connectivity index (χ3n) is 6.32. The Hall–Kier alpha value is -3.02. The third kappa shape index (κ3) is 2.29. The van der Waals surface area contributed by atoms with Gasteiger partial charge in [-0.1, -0.05) is 30.4 Å². The molecular formula is C23H23N3O3. The van der Waals surface area contributed by atoms with Crippen molar-refractivity contribution in [2.75, 3.05) is 4.90 Å². The van der Waals surface area contributed by atoms with Crippen molar-refractivity contribution in [2.24, 2.45) is 11.8 Å². The van der Waals surface area contributed by atoms with Crippen LogP contribution in [0.3, 0.4) is 0 Å². The Morgan fingerprint density at radius 1 is 1.07 bits per heavy atom. The van der Waals surface area contributed by atoms with Crippen LogP contribution >= 0.6 is 0 Å².